The van der Waals surface area contributed by atoms with Crippen molar-refractivity contribution in [2.75, 3.05) is 19.6 Å². The highest BCUT2D eigenvalue weighted by atomic mass is 14.9. The lowest BCUT2D eigenvalue weighted by Gasteiger charge is -2.14. The number of allylic oxidation sites excluding steroid dienone is 4. The molecule has 0 aromatic heterocycles. The Balaban J connectivity index is 1.28. The first-order valence-corrected chi connectivity index (χ1v) is 8.18. The van der Waals surface area contributed by atoms with Gasteiger partial charge in [-0.3, -0.25) is 4.99 Å². The highest BCUT2D eigenvalue weighted by molar-refractivity contribution is 6.01. The van der Waals surface area contributed by atoms with E-state index in [0.717, 1.165) is 32.5 Å². The van der Waals surface area contributed by atoms with Crippen molar-refractivity contribution in [1.82, 2.24) is 10.6 Å². The molecule has 1 aliphatic heterocycles. The van der Waals surface area contributed by atoms with Crippen LogP contribution in [0.25, 0.3) is 0 Å². The molecule has 0 aromatic rings. The minimum atomic E-state index is 0.522. The van der Waals surface area contributed by atoms with Crippen molar-refractivity contribution >= 4 is 5.71 Å². The molecule has 112 valence electrons. The summed E-state index contributed by atoms with van der Waals surface area (Å²) in [4.78, 5) is 4.69. The maximum Gasteiger partial charge on any atom is 0.0626 e. The van der Waals surface area contributed by atoms with E-state index in [4.69, 9.17) is 4.99 Å². The van der Waals surface area contributed by atoms with Gasteiger partial charge in [0.25, 0.3) is 0 Å². The van der Waals surface area contributed by atoms with E-state index in [9.17, 15) is 0 Å². The molecular weight excluding hydrogens is 258 g/mol. The molecule has 2 aliphatic carbocycles. The Labute approximate surface area is 127 Å². The topological polar surface area (TPSA) is 36.4 Å². The highest BCUT2D eigenvalue weighted by Crippen LogP contribution is 2.28. The van der Waals surface area contributed by atoms with E-state index >= 15 is 0 Å². The fraction of sp³-hybridized carbons (Fsp3) is 0.500. The summed E-state index contributed by atoms with van der Waals surface area (Å²) in [6.07, 6.45) is 19.2. The van der Waals surface area contributed by atoms with E-state index < -0.39 is 0 Å². The summed E-state index contributed by atoms with van der Waals surface area (Å²) >= 11 is 0. The van der Waals surface area contributed by atoms with Crippen LogP contribution in [0.2, 0.25) is 0 Å². The highest BCUT2D eigenvalue weighted by Gasteiger charge is 2.16. The van der Waals surface area contributed by atoms with Gasteiger partial charge in [-0.05, 0) is 56.8 Å². The average molecular weight is 283 g/mol. The lowest BCUT2D eigenvalue weighted by Crippen LogP contribution is -2.31. The van der Waals surface area contributed by atoms with Gasteiger partial charge in [0.05, 0.1) is 11.4 Å². The van der Waals surface area contributed by atoms with Crippen LogP contribution in [0, 0.1) is 0 Å². The molecule has 0 fully saturated rings. The van der Waals surface area contributed by atoms with Crippen LogP contribution in [0.1, 0.15) is 32.1 Å². The lowest BCUT2D eigenvalue weighted by molar-refractivity contribution is 0.562. The maximum atomic E-state index is 4.69. The molecule has 3 nitrogen and oxygen atoms in total. The first-order valence-electron chi connectivity index (χ1n) is 8.18. The number of aliphatic imine (C=N–C) groups is 1. The molecule has 0 saturated heterocycles. The normalized spacial score (nSPS) is 23.6. The van der Waals surface area contributed by atoms with Crippen molar-refractivity contribution < 1.29 is 0 Å². The second-order valence-corrected chi connectivity index (χ2v) is 5.89. The van der Waals surface area contributed by atoms with Crippen LogP contribution in [-0.2, 0) is 0 Å². The van der Waals surface area contributed by atoms with Gasteiger partial charge in [-0.1, -0.05) is 30.4 Å². The van der Waals surface area contributed by atoms with Crippen molar-refractivity contribution in [3.8, 4) is 0 Å². The van der Waals surface area contributed by atoms with Crippen LogP contribution in [0.5, 0.6) is 0 Å². The van der Waals surface area contributed by atoms with Crippen molar-refractivity contribution in [3.05, 3.63) is 47.7 Å². The second-order valence-electron chi connectivity index (χ2n) is 5.89. The molecule has 1 unspecified atom stereocenters. The van der Waals surface area contributed by atoms with E-state index in [2.05, 4.69) is 47.1 Å². The molecule has 21 heavy (non-hydrogen) atoms. The van der Waals surface area contributed by atoms with Gasteiger partial charge in [0.1, 0.15) is 0 Å². The van der Waals surface area contributed by atoms with E-state index in [0.29, 0.717) is 6.04 Å². The molecule has 0 bridgehead atoms. The van der Waals surface area contributed by atoms with Gasteiger partial charge in [-0.15, -0.1) is 0 Å². The molecular formula is C18H25N3. The monoisotopic (exact) mass is 283 g/mol. The maximum absolute atomic E-state index is 4.69. The Morgan fingerprint density at radius 1 is 1.24 bits per heavy atom. The summed E-state index contributed by atoms with van der Waals surface area (Å²) in [7, 11) is 0. The third-order valence-electron chi connectivity index (χ3n) is 4.15. The first kappa shape index (κ1) is 14.5. The first-order chi connectivity index (χ1) is 10.4. The molecule has 3 aliphatic rings. The Morgan fingerprint density at radius 2 is 2.24 bits per heavy atom. The zero-order valence-corrected chi connectivity index (χ0v) is 12.6. The van der Waals surface area contributed by atoms with Crippen LogP contribution in [-0.4, -0.2) is 31.4 Å². The molecule has 1 atom stereocenters. The Bertz CT molecular complexity index is 509. The van der Waals surface area contributed by atoms with E-state index in [-0.39, 0.29) is 0 Å². The van der Waals surface area contributed by atoms with E-state index in [1.807, 2.05) is 0 Å². The molecule has 0 saturated carbocycles. The molecule has 3 rings (SSSR count). The van der Waals surface area contributed by atoms with Gasteiger partial charge in [0.2, 0.25) is 0 Å². The van der Waals surface area contributed by atoms with Gasteiger partial charge in [-0.25, -0.2) is 0 Å². The van der Waals surface area contributed by atoms with Gasteiger partial charge in [0, 0.05) is 12.6 Å². The fourth-order valence-corrected chi connectivity index (χ4v) is 2.98. The Kier molecular flexibility index (Phi) is 5.19. The molecule has 0 amide bonds. The number of rotatable bonds is 7. The standard InChI is InChI=1S/C18H25N3/c1-2-8-16(9-3-1)20-12-6-11-19-14-17-13-15-7-4-5-10-18(15)21-17/h1-3,8,10,13,16,19-20H,4-7,9,11-12,14H2. The molecule has 1 heterocycles. The molecule has 2 N–H and O–H groups in total. The average Bonchev–Trinajstić information content (AvgIpc) is 2.94. The lowest BCUT2D eigenvalue weighted by atomic mass is 10.00. The zero-order chi connectivity index (χ0) is 14.3. The SMILES string of the molecule is C1=CCC(NCCCNCC2=NC3=CCCCC3=C2)C=C1. The quantitative estimate of drug-likeness (QED) is 0.705. The van der Waals surface area contributed by atoms with Crippen LogP contribution in [0.4, 0.5) is 0 Å². The predicted octanol–water partition coefficient (Wildman–Crippen LogP) is 2.89. The van der Waals surface area contributed by atoms with Crippen molar-refractivity contribution in [1.29, 1.82) is 0 Å². The smallest absolute Gasteiger partial charge is 0.0626 e. The van der Waals surface area contributed by atoms with E-state index in [1.165, 1.54) is 36.2 Å². The van der Waals surface area contributed by atoms with Crippen molar-refractivity contribution in [3.63, 3.8) is 0 Å². The minimum Gasteiger partial charge on any atom is -0.311 e. The number of nitrogens with one attached hydrogen (secondary N) is 2. The summed E-state index contributed by atoms with van der Waals surface area (Å²) in [5.74, 6) is 0. The van der Waals surface area contributed by atoms with E-state index in [1.54, 1.807) is 0 Å². The van der Waals surface area contributed by atoms with Gasteiger partial charge >= 0.3 is 0 Å². The largest absolute Gasteiger partial charge is 0.311 e. The fourth-order valence-electron chi connectivity index (χ4n) is 2.98. The van der Waals surface area contributed by atoms with Gasteiger partial charge in [-0.2, -0.15) is 0 Å². The second kappa shape index (κ2) is 7.53. The van der Waals surface area contributed by atoms with Crippen LogP contribution in [0.3, 0.4) is 0 Å². The number of hydrogen-bond acceptors (Lipinski definition) is 3. The van der Waals surface area contributed by atoms with Crippen molar-refractivity contribution in [2.45, 2.75) is 38.1 Å². The third-order valence-corrected chi connectivity index (χ3v) is 4.15. The van der Waals surface area contributed by atoms with Crippen LogP contribution < -0.4 is 10.6 Å². The minimum absolute atomic E-state index is 0.522. The summed E-state index contributed by atoms with van der Waals surface area (Å²) in [6.45, 7) is 3.00. The summed E-state index contributed by atoms with van der Waals surface area (Å²) in [5, 5.41) is 7.06. The number of hydrogen-bond donors (Lipinski definition) is 2. The molecule has 0 spiro atoms. The number of nitrogens with zero attached hydrogens (tertiary/aromatic N) is 1. The summed E-state index contributed by atoms with van der Waals surface area (Å²) in [5.41, 5.74) is 3.88. The van der Waals surface area contributed by atoms with Crippen molar-refractivity contribution in [2.24, 2.45) is 4.99 Å². The zero-order valence-electron chi connectivity index (χ0n) is 12.6. The molecule has 0 aromatic carbocycles. The number of fused-ring (bicyclic) bond motifs is 1. The predicted molar refractivity (Wildman–Crippen MR) is 89.6 cm³/mol. The van der Waals surface area contributed by atoms with Gasteiger partial charge < -0.3 is 10.6 Å². The van der Waals surface area contributed by atoms with Crippen LogP contribution in [0.15, 0.2) is 52.7 Å². The van der Waals surface area contributed by atoms with Crippen LogP contribution >= 0.6 is 0 Å². The third kappa shape index (κ3) is 4.26. The summed E-state index contributed by atoms with van der Waals surface area (Å²) < 4.78 is 0. The Hall–Kier alpha value is -1.45. The molecule has 3 heteroatoms. The Morgan fingerprint density at radius 3 is 3.10 bits per heavy atom. The summed E-state index contributed by atoms with van der Waals surface area (Å²) in [6, 6.07) is 0.522. The molecule has 0 radical (unpaired) electrons. The van der Waals surface area contributed by atoms with Gasteiger partial charge in [0.15, 0.2) is 0 Å².